The summed E-state index contributed by atoms with van der Waals surface area (Å²) in [7, 11) is 3.55. The number of hydrogen-bond donors (Lipinski definition) is 1. The van der Waals surface area contributed by atoms with Gasteiger partial charge in [-0.05, 0) is 12.8 Å². The summed E-state index contributed by atoms with van der Waals surface area (Å²) in [6, 6.07) is 0.402. The number of aliphatic hydroxyl groups excluding tert-OH is 1. The summed E-state index contributed by atoms with van der Waals surface area (Å²) in [5, 5.41) is 9.03. The molecule has 112 valence electrons. The van der Waals surface area contributed by atoms with Crippen LogP contribution in [0.4, 0.5) is 0 Å². The summed E-state index contributed by atoms with van der Waals surface area (Å²) < 4.78 is 5.03. The number of aliphatic hydroxyl groups is 1. The van der Waals surface area contributed by atoms with Gasteiger partial charge >= 0.3 is 0 Å². The fraction of sp³-hybridized carbons (Fsp3) is 0.929. The summed E-state index contributed by atoms with van der Waals surface area (Å²) in [5.41, 5.74) is 0. The highest BCUT2D eigenvalue weighted by molar-refractivity contribution is 5.78. The molecule has 0 aromatic carbocycles. The van der Waals surface area contributed by atoms with Crippen molar-refractivity contribution in [2.45, 2.75) is 38.1 Å². The molecule has 0 saturated heterocycles. The molecule has 0 heterocycles. The van der Waals surface area contributed by atoms with Gasteiger partial charge < -0.3 is 14.7 Å². The predicted octanol–water partition coefficient (Wildman–Crippen LogP) is 0.718. The van der Waals surface area contributed by atoms with Crippen molar-refractivity contribution in [2.24, 2.45) is 0 Å². The van der Waals surface area contributed by atoms with Crippen LogP contribution in [0.1, 0.15) is 32.1 Å². The first kappa shape index (κ1) is 16.4. The van der Waals surface area contributed by atoms with Crippen molar-refractivity contribution in [1.82, 2.24) is 9.80 Å². The first-order valence-corrected chi connectivity index (χ1v) is 7.27. The molecule has 1 aliphatic rings. The molecule has 0 unspecified atom stereocenters. The van der Waals surface area contributed by atoms with E-state index in [4.69, 9.17) is 9.84 Å². The Morgan fingerprint density at radius 2 is 1.95 bits per heavy atom. The Morgan fingerprint density at radius 3 is 2.53 bits per heavy atom. The highest BCUT2D eigenvalue weighted by Crippen LogP contribution is 2.21. The van der Waals surface area contributed by atoms with Gasteiger partial charge in [0.15, 0.2) is 0 Å². The van der Waals surface area contributed by atoms with E-state index in [0.717, 1.165) is 12.8 Å². The molecular weight excluding hydrogens is 244 g/mol. The average Bonchev–Trinajstić information content (AvgIpc) is 2.45. The lowest BCUT2D eigenvalue weighted by Gasteiger charge is -2.33. The van der Waals surface area contributed by atoms with Gasteiger partial charge in [-0.3, -0.25) is 9.69 Å². The number of methoxy groups -OCH3 is 1. The van der Waals surface area contributed by atoms with E-state index in [1.54, 1.807) is 7.11 Å². The molecular formula is C14H28N2O3. The largest absolute Gasteiger partial charge is 0.395 e. The van der Waals surface area contributed by atoms with Crippen molar-refractivity contribution in [3.05, 3.63) is 0 Å². The van der Waals surface area contributed by atoms with E-state index >= 15 is 0 Å². The first-order chi connectivity index (χ1) is 9.19. The number of ether oxygens (including phenoxy) is 1. The topological polar surface area (TPSA) is 53.0 Å². The lowest BCUT2D eigenvalue weighted by molar-refractivity contribution is -0.134. The minimum Gasteiger partial charge on any atom is -0.395 e. The minimum absolute atomic E-state index is 0.0735. The number of amides is 1. The molecule has 0 aromatic heterocycles. The van der Waals surface area contributed by atoms with Crippen LogP contribution in [0.5, 0.6) is 0 Å². The maximum Gasteiger partial charge on any atom is 0.236 e. The highest BCUT2D eigenvalue weighted by Gasteiger charge is 2.23. The molecule has 0 aromatic rings. The van der Waals surface area contributed by atoms with Gasteiger partial charge in [0, 0.05) is 33.3 Å². The van der Waals surface area contributed by atoms with Gasteiger partial charge in [-0.15, -0.1) is 0 Å². The van der Waals surface area contributed by atoms with E-state index < -0.39 is 0 Å². The third kappa shape index (κ3) is 5.89. The van der Waals surface area contributed by atoms with Crippen LogP contribution < -0.4 is 0 Å². The van der Waals surface area contributed by atoms with Crippen molar-refractivity contribution < 1.29 is 14.6 Å². The van der Waals surface area contributed by atoms with Gasteiger partial charge in [0.25, 0.3) is 0 Å². The number of nitrogens with zero attached hydrogens (tertiary/aromatic N) is 2. The van der Waals surface area contributed by atoms with Crippen LogP contribution >= 0.6 is 0 Å². The van der Waals surface area contributed by atoms with Crippen LogP contribution in [0.25, 0.3) is 0 Å². The predicted molar refractivity (Wildman–Crippen MR) is 75.0 cm³/mol. The van der Waals surface area contributed by atoms with E-state index in [0.29, 0.717) is 32.3 Å². The highest BCUT2D eigenvalue weighted by atomic mass is 16.5. The molecule has 1 saturated carbocycles. The Morgan fingerprint density at radius 1 is 1.26 bits per heavy atom. The number of likely N-dealkylation sites (N-methyl/N-ethyl adjacent to an activating group) is 1. The van der Waals surface area contributed by atoms with Gasteiger partial charge in [0.05, 0.1) is 19.8 Å². The number of carbonyl (C=O) groups excluding carboxylic acids is 1. The van der Waals surface area contributed by atoms with Crippen molar-refractivity contribution in [3.8, 4) is 0 Å². The number of rotatable bonds is 8. The van der Waals surface area contributed by atoms with Crippen molar-refractivity contribution >= 4 is 5.91 Å². The second kappa shape index (κ2) is 9.28. The number of carbonyl (C=O) groups is 1. The van der Waals surface area contributed by atoms with Gasteiger partial charge in [-0.2, -0.15) is 0 Å². The summed E-state index contributed by atoms with van der Waals surface area (Å²) in [6.07, 6.45) is 6.00. The minimum atomic E-state index is 0.0735. The zero-order valence-corrected chi connectivity index (χ0v) is 12.3. The Hall–Kier alpha value is -0.650. The molecule has 0 atom stereocenters. The second-order valence-electron chi connectivity index (χ2n) is 5.29. The zero-order chi connectivity index (χ0) is 14.1. The molecule has 0 spiro atoms. The fourth-order valence-electron chi connectivity index (χ4n) is 2.61. The quantitative estimate of drug-likeness (QED) is 0.707. The third-order valence-corrected chi connectivity index (χ3v) is 3.90. The molecule has 5 nitrogen and oxygen atoms in total. The third-order valence-electron chi connectivity index (χ3n) is 3.90. The van der Waals surface area contributed by atoms with E-state index in [1.165, 1.54) is 19.3 Å². The summed E-state index contributed by atoms with van der Waals surface area (Å²) >= 11 is 0. The summed E-state index contributed by atoms with van der Waals surface area (Å²) in [4.78, 5) is 16.1. The normalized spacial score (nSPS) is 16.8. The molecule has 19 heavy (non-hydrogen) atoms. The van der Waals surface area contributed by atoms with E-state index in [-0.39, 0.29) is 12.5 Å². The molecule has 1 fully saturated rings. The fourth-order valence-corrected chi connectivity index (χ4v) is 2.61. The lowest BCUT2D eigenvalue weighted by atomic mass is 9.94. The Balaban J connectivity index is 2.40. The molecule has 5 heteroatoms. The van der Waals surface area contributed by atoms with E-state index in [1.807, 2.05) is 16.8 Å². The Kier molecular flexibility index (Phi) is 8.02. The summed E-state index contributed by atoms with van der Waals surface area (Å²) in [5.74, 6) is 0.149. The standard InChI is InChI=1S/C14H28N2O3/c1-15(13-6-4-3-5-7-13)14(18)12-16(8-10-17)9-11-19-2/h13,17H,3-12H2,1-2H3. The molecule has 0 bridgehead atoms. The number of hydrogen-bond acceptors (Lipinski definition) is 4. The van der Waals surface area contributed by atoms with Gasteiger partial charge in [-0.25, -0.2) is 0 Å². The second-order valence-corrected chi connectivity index (χ2v) is 5.29. The maximum atomic E-state index is 12.3. The lowest BCUT2D eigenvalue weighted by Crippen LogP contribution is -2.45. The monoisotopic (exact) mass is 272 g/mol. The average molecular weight is 272 g/mol. The van der Waals surface area contributed by atoms with Crippen molar-refractivity contribution in [2.75, 3.05) is 47.0 Å². The van der Waals surface area contributed by atoms with Gasteiger partial charge in [-0.1, -0.05) is 19.3 Å². The summed E-state index contributed by atoms with van der Waals surface area (Å²) in [6.45, 7) is 2.23. The van der Waals surface area contributed by atoms with Crippen LogP contribution in [-0.4, -0.2) is 73.9 Å². The van der Waals surface area contributed by atoms with Gasteiger partial charge in [0.1, 0.15) is 0 Å². The van der Waals surface area contributed by atoms with Crippen LogP contribution in [0, 0.1) is 0 Å². The van der Waals surface area contributed by atoms with Crippen LogP contribution in [0.15, 0.2) is 0 Å². The molecule has 0 radical (unpaired) electrons. The Labute approximate surface area is 116 Å². The Bertz CT molecular complexity index is 255. The van der Waals surface area contributed by atoms with Crippen LogP contribution in [-0.2, 0) is 9.53 Å². The van der Waals surface area contributed by atoms with Crippen molar-refractivity contribution in [3.63, 3.8) is 0 Å². The van der Waals surface area contributed by atoms with Crippen LogP contribution in [0.3, 0.4) is 0 Å². The molecule has 1 N–H and O–H groups in total. The smallest absolute Gasteiger partial charge is 0.236 e. The molecule has 1 amide bonds. The SMILES string of the molecule is COCCN(CCO)CC(=O)N(C)C1CCCCC1. The zero-order valence-electron chi connectivity index (χ0n) is 12.3. The van der Waals surface area contributed by atoms with E-state index in [9.17, 15) is 4.79 Å². The van der Waals surface area contributed by atoms with Crippen LogP contribution in [0.2, 0.25) is 0 Å². The first-order valence-electron chi connectivity index (χ1n) is 7.27. The van der Waals surface area contributed by atoms with Crippen molar-refractivity contribution in [1.29, 1.82) is 0 Å². The van der Waals surface area contributed by atoms with E-state index in [2.05, 4.69) is 0 Å². The van der Waals surface area contributed by atoms with Gasteiger partial charge in [0.2, 0.25) is 5.91 Å². The maximum absolute atomic E-state index is 12.3. The molecule has 1 rings (SSSR count). The molecule has 0 aliphatic heterocycles. The molecule has 1 aliphatic carbocycles.